The van der Waals surface area contributed by atoms with Crippen LogP contribution in [0.15, 0.2) is 18.2 Å². The van der Waals surface area contributed by atoms with Gasteiger partial charge in [-0.05, 0) is 46.8 Å². The Kier molecular flexibility index (Phi) is 5.57. The van der Waals surface area contributed by atoms with Crippen molar-refractivity contribution < 1.29 is 27.7 Å². The largest absolute Gasteiger partial charge is 0.493 e. The molecular weight excluding hydrogens is 296 g/mol. The quantitative estimate of drug-likeness (QED) is 0.820. The summed E-state index contributed by atoms with van der Waals surface area (Å²) >= 11 is 0. The van der Waals surface area contributed by atoms with Crippen molar-refractivity contribution in [2.45, 2.75) is 52.0 Å². The van der Waals surface area contributed by atoms with Crippen LogP contribution in [0.25, 0.3) is 0 Å². The topological polar surface area (TPSA) is 38.7 Å². The van der Waals surface area contributed by atoms with Crippen LogP contribution in [-0.4, -0.2) is 30.4 Å². The van der Waals surface area contributed by atoms with Crippen molar-refractivity contribution in [2.75, 3.05) is 6.61 Å². The standard InChI is InChI=1S/C15H22BF3O3/c1-6-21-12-8-7-10(9-11(12)15(17,18)19)16-22-14(4,5)13(2,3)20/h7-9,16,20H,6H2,1-5H3. The maximum absolute atomic E-state index is 13.1. The van der Waals surface area contributed by atoms with Crippen LogP contribution in [0, 0.1) is 0 Å². The van der Waals surface area contributed by atoms with Crippen molar-refractivity contribution in [2.24, 2.45) is 0 Å². The zero-order chi connectivity index (χ0) is 17.2. The molecule has 1 N–H and O–H groups in total. The van der Waals surface area contributed by atoms with Crippen molar-refractivity contribution >= 4 is 12.9 Å². The molecule has 0 bridgehead atoms. The van der Waals surface area contributed by atoms with E-state index < -0.39 is 22.9 Å². The molecule has 7 heteroatoms. The van der Waals surface area contributed by atoms with Gasteiger partial charge in [0, 0.05) is 0 Å². The third-order valence-corrected chi connectivity index (χ3v) is 3.72. The fourth-order valence-electron chi connectivity index (χ4n) is 1.61. The van der Waals surface area contributed by atoms with E-state index in [9.17, 15) is 18.3 Å². The lowest BCUT2D eigenvalue weighted by Gasteiger charge is -2.37. The van der Waals surface area contributed by atoms with Gasteiger partial charge in [-0.2, -0.15) is 13.2 Å². The minimum Gasteiger partial charge on any atom is -0.493 e. The summed E-state index contributed by atoms with van der Waals surface area (Å²) in [5.41, 5.74) is -2.47. The molecule has 0 fully saturated rings. The summed E-state index contributed by atoms with van der Waals surface area (Å²) in [7, 11) is -0.0352. The van der Waals surface area contributed by atoms with Gasteiger partial charge in [0.2, 0.25) is 0 Å². The van der Waals surface area contributed by atoms with Crippen LogP contribution in [0.4, 0.5) is 13.2 Å². The van der Waals surface area contributed by atoms with Gasteiger partial charge < -0.3 is 14.5 Å². The highest BCUT2D eigenvalue weighted by Gasteiger charge is 2.37. The Morgan fingerprint density at radius 2 is 1.73 bits per heavy atom. The van der Waals surface area contributed by atoms with Crippen LogP contribution in [0.5, 0.6) is 5.75 Å². The second-order valence-electron chi connectivity index (χ2n) is 6.12. The lowest BCUT2D eigenvalue weighted by Crippen LogP contribution is -2.49. The van der Waals surface area contributed by atoms with Gasteiger partial charge in [-0.1, -0.05) is 11.5 Å². The first-order valence-electron chi connectivity index (χ1n) is 7.07. The molecule has 22 heavy (non-hydrogen) atoms. The van der Waals surface area contributed by atoms with E-state index in [1.807, 2.05) is 0 Å². The average molecular weight is 318 g/mol. The number of halogens is 3. The van der Waals surface area contributed by atoms with E-state index in [2.05, 4.69) is 0 Å². The Hall–Kier alpha value is -1.21. The molecule has 0 radical (unpaired) electrons. The zero-order valence-electron chi connectivity index (χ0n) is 13.5. The van der Waals surface area contributed by atoms with E-state index in [-0.39, 0.29) is 19.8 Å². The molecular formula is C15H22BF3O3. The second-order valence-corrected chi connectivity index (χ2v) is 6.12. The molecule has 0 heterocycles. The Morgan fingerprint density at radius 1 is 1.14 bits per heavy atom. The summed E-state index contributed by atoms with van der Waals surface area (Å²) < 4.78 is 49.8. The molecule has 1 aromatic carbocycles. The molecule has 0 spiro atoms. The maximum Gasteiger partial charge on any atom is 0.419 e. The Bertz CT molecular complexity index is 508. The third kappa shape index (κ3) is 4.65. The van der Waals surface area contributed by atoms with Crippen LogP contribution in [0.2, 0.25) is 0 Å². The van der Waals surface area contributed by atoms with Crippen LogP contribution in [0.1, 0.15) is 40.2 Å². The smallest absolute Gasteiger partial charge is 0.419 e. The second kappa shape index (κ2) is 6.50. The molecule has 0 aliphatic heterocycles. The molecule has 0 saturated heterocycles. The minimum absolute atomic E-state index is 0.0352. The van der Waals surface area contributed by atoms with Crippen molar-refractivity contribution in [1.29, 1.82) is 0 Å². The molecule has 0 aliphatic carbocycles. The molecule has 3 nitrogen and oxygen atoms in total. The van der Waals surface area contributed by atoms with Crippen molar-refractivity contribution in [3.63, 3.8) is 0 Å². The van der Waals surface area contributed by atoms with Crippen LogP contribution < -0.4 is 10.2 Å². The molecule has 0 amide bonds. The van der Waals surface area contributed by atoms with Crippen LogP contribution in [0.3, 0.4) is 0 Å². The summed E-state index contributed by atoms with van der Waals surface area (Å²) in [6, 6.07) is 3.84. The van der Waals surface area contributed by atoms with Gasteiger partial charge in [-0.3, -0.25) is 0 Å². The Morgan fingerprint density at radius 3 is 2.18 bits per heavy atom. The van der Waals surface area contributed by atoms with Crippen molar-refractivity contribution in [3.05, 3.63) is 23.8 Å². The highest BCUT2D eigenvalue weighted by molar-refractivity contribution is 6.47. The fraction of sp³-hybridized carbons (Fsp3) is 0.600. The molecule has 0 atom stereocenters. The van der Waals surface area contributed by atoms with Gasteiger partial charge in [-0.25, -0.2) is 0 Å². The molecule has 0 saturated carbocycles. The van der Waals surface area contributed by atoms with Crippen LogP contribution in [-0.2, 0) is 10.8 Å². The maximum atomic E-state index is 13.1. The van der Waals surface area contributed by atoms with E-state index in [0.29, 0.717) is 5.46 Å². The predicted molar refractivity (Wildman–Crippen MR) is 80.9 cm³/mol. The van der Waals surface area contributed by atoms with Gasteiger partial charge >= 0.3 is 13.7 Å². The van der Waals surface area contributed by atoms with Gasteiger partial charge in [0.1, 0.15) is 5.75 Å². The number of aliphatic hydroxyl groups is 1. The normalized spacial score (nSPS) is 13.1. The first-order chi connectivity index (χ1) is 9.88. The number of hydrogen-bond donors (Lipinski definition) is 1. The zero-order valence-corrected chi connectivity index (χ0v) is 13.5. The summed E-state index contributed by atoms with van der Waals surface area (Å²) in [6.45, 7) is 8.34. The highest BCUT2D eigenvalue weighted by Crippen LogP contribution is 2.35. The molecule has 0 unspecified atom stereocenters. The van der Waals surface area contributed by atoms with Gasteiger partial charge in [0.25, 0.3) is 0 Å². The summed E-state index contributed by atoms with van der Waals surface area (Å²) in [4.78, 5) is 0. The van der Waals surface area contributed by atoms with Gasteiger partial charge in [-0.15, -0.1) is 0 Å². The Balaban J connectivity index is 2.99. The van der Waals surface area contributed by atoms with E-state index in [1.165, 1.54) is 12.1 Å². The van der Waals surface area contributed by atoms with E-state index in [1.54, 1.807) is 34.6 Å². The number of rotatable bonds is 6. The fourth-order valence-corrected chi connectivity index (χ4v) is 1.61. The number of hydrogen-bond acceptors (Lipinski definition) is 3. The number of alkyl halides is 3. The van der Waals surface area contributed by atoms with Gasteiger partial charge in [0.15, 0.2) is 0 Å². The number of benzene rings is 1. The lowest BCUT2D eigenvalue weighted by atomic mass is 9.82. The Labute approximate surface area is 129 Å². The minimum atomic E-state index is -4.49. The SMILES string of the molecule is CCOc1ccc(BOC(C)(C)C(C)(C)O)cc1C(F)(F)F. The van der Waals surface area contributed by atoms with E-state index in [0.717, 1.165) is 6.07 Å². The first kappa shape index (κ1) is 18.8. The molecule has 0 aliphatic rings. The molecule has 124 valence electrons. The highest BCUT2D eigenvalue weighted by atomic mass is 19.4. The third-order valence-electron chi connectivity index (χ3n) is 3.72. The molecule has 0 aromatic heterocycles. The summed E-state index contributed by atoms with van der Waals surface area (Å²) in [5, 5.41) is 10.00. The molecule has 1 rings (SSSR count). The number of ether oxygens (including phenoxy) is 1. The van der Waals surface area contributed by atoms with Gasteiger partial charge in [0.05, 0.1) is 23.4 Å². The van der Waals surface area contributed by atoms with Crippen LogP contribution >= 0.6 is 0 Å². The summed E-state index contributed by atoms with van der Waals surface area (Å²) in [5.74, 6) is -0.194. The van der Waals surface area contributed by atoms with E-state index in [4.69, 9.17) is 9.39 Å². The van der Waals surface area contributed by atoms with E-state index >= 15 is 0 Å². The predicted octanol–water partition coefficient (Wildman–Crippen LogP) is 2.65. The first-order valence-corrected chi connectivity index (χ1v) is 7.07. The van der Waals surface area contributed by atoms with Crippen molar-refractivity contribution in [1.82, 2.24) is 0 Å². The molecule has 1 aromatic rings. The average Bonchev–Trinajstić information content (AvgIpc) is 2.35. The summed E-state index contributed by atoms with van der Waals surface area (Å²) in [6.07, 6.45) is -4.49. The van der Waals surface area contributed by atoms with Crippen molar-refractivity contribution in [3.8, 4) is 5.75 Å². The lowest BCUT2D eigenvalue weighted by molar-refractivity contribution is -0.138. The monoisotopic (exact) mass is 318 g/mol.